The Hall–Kier alpha value is -0.120. The smallest absolute Gasteiger partial charge is 0.0738 e. The van der Waals surface area contributed by atoms with E-state index in [4.69, 9.17) is 10.5 Å². The Morgan fingerprint density at radius 2 is 1.90 bits per heavy atom. The van der Waals surface area contributed by atoms with E-state index in [9.17, 15) is 5.11 Å². The molecular weight excluding hydrogens is 250 g/mol. The largest absolute Gasteiger partial charge is 0.389 e. The fraction of sp³-hybridized carbons (Fsp3) is 1.00. The van der Waals surface area contributed by atoms with Crippen LogP contribution in [-0.2, 0) is 4.74 Å². The minimum absolute atomic E-state index is 0.202. The predicted octanol–water partition coefficient (Wildman–Crippen LogP) is 3.10. The Morgan fingerprint density at radius 3 is 2.35 bits per heavy atom. The van der Waals surface area contributed by atoms with Crippen LogP contribution in [0.25, 0.3) is 0 Å². The van der Waals surface area contributed by atoms with Gasteiger partial charge in [-0.2, -0.15) is 0 Å². The lowest BCUT2D eigenvalue weighted by Gasteiger charge is -2.53. The summed E-state index contributed by atoms with van der Waals surface area (Å²) in [6, 6.07) is 0. The van der Waals surface area contributed by atoms with Crippen molar-refractivity contribution in [3.8, 4) is 0 Å². The topological polar surface area (TPSA) is 55.5 Å². The minimum Gasteiger partial charge on any atom is -0.389 e. The molecule has 118 valence electrons. The number of aliphatic hydroxyl groups is 1. The van der Waals surface area contributed by atoms with Gasteiger partial charge in [-0.25, -0.2) is 0 Å². The fourth-order valence-corrected chi connectivity index (χ4v) is 4.27. The highest BCUT2D eigenvalue weighted by Gasteiger charge is 2.52. The van der Waals surface area contributed by atoms with E-state index in [0.717, 1.165) is 51.0 Å². The Bertz CT molecular complexity index is 313. The summed E-state index contributed by atoms with van der Waals surface area (Å²) in [5.74, 6) is 0.729. The third kappa shape index (κ3) is 2.77. The number of nitrogens with two attached hydrogens (primary N) is 1. The summed E-state index contributed by atoms with van der Waals surface area (Å²) in [6.45, 7) is 9.02. The lowest BCUT2D eigenvalue weighted by atomic mass is 9.58. The molecule has 0 radical (unpaired) electrons. The van der Waals surface area contributed by atoms with Crippen molar-refractivity contribution in [3.05, 3.63) is 0 Å². The first kappa shape index (κ1) is 16.3. The van der Waals surface area contributed by atoms with Gasteiger partial charge in [0, 0.05) is 18.6 Å². The van der Waals surface area contributed by atoms with E-state index in [0.29, 0.717) is 18.6 Å². The first-order valence-electron chi connectivity index (χ1n) is 8.39. The van der Waals surface area contributed by atoms with Gasteiger partial charge in [0.1, 0.15) is 0 Å². The van der Waals surface area contributed by atoms with Crippen molar-refractivity contribution in [1.29, 1.82) is 0 Å². The second-order valence-corrected chi connectivity index (χ2v) is 7.79. The van der Waals surface area contributed by atoms with E-state index in [1.807, 2.05) is 0 Å². The Balaban J connectivity index is 2.06. The van der Waals surface area contributed by atoms with Crippen LogP contribution in [0.15, 0.2) is 0 Å². The van der Waals surface area contributed by atoms with Crippen LogP contribution in [0.3, 0.4) is 0 Å². The molecule has 1 saturated carbocycles. The van der Waals surface area contributed by atoms with E-state index in [1.165, 1.54) is 6.42 Å². The van der Waals surface area contributed by atoms with E-state index < -0.39 is 5.60 Å². The zero-order valence-corrected chi connectivity index (χ0v) is 13.6. The van der Waals surface area contributed by atoms with E-state index in [2.05, 4.69) is 20.8 Å². The molecule has 0 spiro atoms. The Morgan fingerprint density at radius 1 is 1.25 bits per heavy atom. The van der Waals surface area contributed by atoms with Crippen LogP contribution in [0, 0.1) is 16.7 Å². The van der Waals surface area contributed by atoms with Gasteiger partial charge in [-0.15, -0.1) is 0 Å². The van der Waals surface area contributed by atoms with Gasteiger partial charge in [-0.05, 0) is 49.9 Å². The maximum absolute atomic E-state index is 11.2. The molecule has 0 bridgehead atoms. The molecular formula is C17H33NO2. The molecule has 1 atom stereocenters. The molecule has 1 heterocycles. The lowest BCUT2D eigenvalue weighted by molar-refractivity contribution is -0.167. The molecule has 2 aliphatic rings. The summed E-state index contributed by atoms with van der Waals surface area (Å²) in [5, 5.41) is 11.2. The molecule has 0 aromatic rings. The highest BCUT2D eigenvalue weighted by molar-refractivity contribution is 5.04. The summed E-state index contributed by atoms with van der Waals surface area (Å²) in [6.07, 6.45) is 7.29. The molecule has 0 amide bonds. The molecule has 1 aliphatic heterocycles. The standard InChI is InChI=1S/C17H33NO2/c1-4-15(2,3)14-6-9-17(19,10-7-14)16(12-18)8-5-11-20-13-16/h14,19H,4-13,18H2,1-3H3. The molecule has 3 N–H and O–H groups in total. The number of hydrogen-bond acceptors (Lipinski definition) is 3. The monoisotopic (exact) mass is 283 g/mol. The maximum atomic E-state index is 11.2. The van der Waals surface area contributed by atoms with Crippen molar-refractivity contribution >= 4 is 0 Å². The van der Waals surface area contributed by atoms with E-state index in [-0.39, 0.29) is 5.41 Å². The third-order valence-corrected chi connectivity index (χ3v) is 6.53. The SMILES string of the molecule is CCC(C)(C)C1CCC(O)(C2(CN)CCCOC2)CC1. The summed E-state index contributed by atoms with van der Waals surface area (Å²) in [5.41, 5.74) is 5.64. The number of rotatable bonds is 4. The fourth-order valence-electron chi connectivity index (χ4n) is 4.27. The minimum atomic E-state index is -0.609. The molecule has 0 aromatic heterocycles. The highest BCUT2D eigenvalue weighted by atomic mass is 16.5. The zero-order chi connectivity index (χ0) is 14.9. The van der Waals surface area contributed by atoms with E-state index >= 15 is 0 Å². The number of hydrogen-bond donors (Lipinski definition) is 2. The van der Waals surface area contributed by atoms with Gasteiger partial charge in [0.05, 0.1) is 12.2 Å². The second-order valence-electron chi connectivity index (χ2n) is 7.79. The first-order valence-corrected chi connectivity index (χ1v) is 8.39. The van der Waals surface area contributed by atoms with Crippen LogP contribution < -0.4 is 5.73 Å². The molecule has 2 rings (SSSR count). The van der Waals surface area contributed by atoms with E-state index in [1.54, 1.807) is 0 Å². The van der Waals surface area contributed by atoms with Gasteiger partial charge >= 0.3 is 0 Å². The van der Waals surface area contributed by atoms with Gasteiger partial charge in [0.2, 0.25) is 0 Å². The van der Waals surface area contributed by atoms with Crippen molar-refractivity contribution in [2.24, 2.45) is 22.5 Å². The highest BCUT2D eigenvalue weighted by Crippen LogP contribution is 2.51. The first-order chi connectivity index (χ1) is 9.39. The van der Waals surface area contributed by atoms with Crippen LogP contribution in [0.4, 0.5) is 0 Å². The van der Waals surface area contributed by atoms with Crippen molar-refractivity contribution in [3.63, 3.8) is 0 Å². The average molecular weight is 283 g/mol. The second kappa shape index (κ2) is 5.94. The van der Waals surface area contributed by atoms with Crippen LogP contribution in [-0.4, -0.2) is 30.5 Å². The van der Waals surface area contributed by atoms with Crippen LogP contribution in [0.5, 0.6) is 0 Å². The molecule has 2 fully saturated rings. The quantitative estimate of drug-likeness (QED) is 0.833. The third-order valence-electron chi connectivity index (χ3n) is 6.53. The summed E-state index contributed by atoms with van der Waals surface area (Å²) >= 11 is 0. The zero-order valence-electron chi connectivity index (χ0n) is 13.6. The molecule has 1 saturated heterocycles. The summed E-state index contributed by atoms with van der Waals surface area (Å²) < 4.78 is 5.67. The van der Waals surface area contributed by atoms with Crippen LogP contribution in [0.2, 0.25) is 0 Å². The van der Waals surface area contributed by atoms with Crippen molar-refractivity contribution in [2.75, 3.05) is 19.8 Å². The van der Waals surface area contributed by atoms with Crippen LogP contribution in [0.1, 0.15) is 65.7 Å². The Kier molecular flexibility index (Phi) is 4.83. The van der Waals surface area contributed by atoms with Crippen molar-refractivity contribution in [2.45, 2.75) is 71.3 Å². The van der Waals surface area contributed by atoms with Gasteiger partial charge in [-0.1, -0.05) is 27.2 Å². The maximum Gasteiger partial charge on any atom is 0.0738 e. The summed E-state index contributed by atoms with van der Waals surface area (Å²) in [4.78, 5) is 0. The molecule has 20 heavy (non-hydrogen) atoms. The van der Waals surface area contributed by atoms with Crippen molar-refractivity contribution < 1.29 is 9.84 Å². The average Bonchev–Trinajstić information content (AvgIpc) is 2.48. The normalized spacial score (nSPS) is 39.8. The van der Waals surface area contributed by atoms with Gasteiger partial charge in [-0.3, -0.25) is 0 Å². The van der Waals surface area contributed by atoms with Crippen molar-refractivity contribution in [1.82, 2.24) is 0 Å². The van der Waals surface area contributed by atoms with Crippen LogP contribution >= 0.6 is 0 Å². The summed E-state index contributed by atoms with van der Waals surface area (Å²) in [7, 11) is 0. The van der Waals surface area contributed by atoms with Gasteiger partial charge in [0.15, 0.2) is 0 Å². The Labute approximate surface area is 124 Å². The lowest BCUT2D eigenvalue weighted by Crippen LogP contribution is -2.58. The number of ether oxygens (including phenoxy) is 1. The molecule has 1 unspecified atom stereocenters. The molecule has 0 aromatic carbocycles. The molecule has 1 aliphatic carbocycles. The van der Waals surface area contributed by atoms with Gasteiger partial charge < -0.3 is 15.6 Å². The molecule has 3 nitrogen and oxygen atoms in total. The van der Waals surface area contributed by atoms with Gasteiger partial charge in [0.25, 0.3) is 0 Å². The predicted molar refractivity (Wildman–Crippen MR) is 82.5 cm³/mol. The molecule has 3 heteroatoms.